The lowest BCUT2D eigenvalue weighted by Gasteiger charge is -2.00. The third kappa shape index (κ3) is 1.49. The molecule has 0 atom stereocenters. The summed E-state index contributed by atoms with van der Waals surface area (Å²) in [6.07, 6.45) is 4.19. The van der Waals surface area contributed by atoms with Crippen molar-refractivity contribution in [3.05, 3.63) is 36.7 Å². The van der Waals surface area contributed by atoms with Crippen LogP contribution in [0.25, 0.3) is 10.8 Å². The molecule has 0 saturated heterocycles. The molecule has 1 aromatic carbocycles. The Balaban J connectivity index is 2.55. The Morgan fingerprint density at radius 2 is 2.15 bits per heavy atom. The number of nitrogens with one attached hydrogen (secondary N) is 1. The zero-order valence-corrected chi connectivity index (χ0v) is 6.90. The van der Waals surface area contributed by atoms with Crippen molar-refractivity contribution in [3.63, 3.8) is 0 Å². The number of hydrogen-bond donors (Lipinski definition) is 1. The maximum Gasteiger partial charge on any atom is 0.211 e. The highest BCUT2D eigenvalue weighted by atomic mass is 16.1. The Kier molecular flexibility index (Phi) is 1.92. The number of amides is 1. The van der Waals surface area contributed by atoms with Gasteiger partial charge in [-0.3, -0.25) is 9.78 Å². The lowest BCUT2D eigenvalue weighted by Crippen LogP contribution is -1.92. The van der Waals surface area contributed by atoms with Gasteiger partial charge in [0.2, 0.25) is 6.41 Å². The third-order valence-electron chi connectivity index (χ3n) is 1.87. The summed E-state index contributed by atoms with van der Waals surface area (Å²) in [5.41, 5.74) is 0.800. The summed E-state index contributed by atoms with van der Waals surface area (Å²) in [6.45, 7) is 0. The molecule has 0 aliphatic heterocycles. The highest BCUT2D eigenvalue weighted by Crippen LogP contribution is 2.16. The first-order chi connectivity index (χ1) is 6.40. The van der Waals surface area contributed by atoms with Crippen LogP contribution in [-0.2, 0) is 4.79 Å². The van der Waals surface area contributed by atoms with Crippen molar-refractivity contribution in [2.24, 2.45) is 0 Å². The van der Waals surface area contributed by atoms with E-state index in [-0.39, 0.29) is 0 Å². The van der Waals surface area contributed by atoms with Gasteiger partial charge in [-0.25, -0.2) is 0 Å². The highest BCUT2D eigenvalue weighted by Gasteiger charge is 1.93. The largest absolute Gasteiger partial charge is 0.329 e. The maximum absolute atomic E-state index is 10.2. The Morgan fingerprint density at radius 1 is 1.23 bits per heavy atom. The molecule has 1 amide bonds. The number of aromatic nitrogens is 1. The Bertz CT molecular complexity index is 440. The topological polar surface area (TPSA) is 42.0 Å². The highest BCUT2D eigenvalue weighted by molar-refractivity contribution is 5.87. The maximum atomic E-state index is 10.2. The summed E-state index contributed by atoms with van der Waals surface area (Å²) < 4.78 is 0. The van der Waals surface area contributed by atoms with Crippen molar-refractivity contribution in [2.75, 3.05) is 5.32 Å². The minimum absolute atomic E-state index is 0.669. The van der Waals surface area contributed by atoms with E-state index in [1.165, 1.54) is 0 Å². The van der Waals surface area contributed by atoms with Crippen LogP contribution < -0.4 is 5.32 Å². The van der Waals surface area contributed by atoms with Gasteiger partial charge in [0, 0.05) is 23.5 Å². The SMILES string of the molecule is O=CNc1ccc2cnccc2c1. The number of carbonyl (C=O) groups excluding carboxylic acids is 1. The molecule has 0 fully saturated rings. The minimum atomic E-state index is 0.669. The summed E-state index contributed by atoms with van der Waals surface area (Å²) in [4.78, 5) is 14.2. The Labute approximate surface area is 75.4 Å². The van der Waals surface area contributed by atoms with Crippen molar-refractivity contribution < 1.29 is 4.79 Å². The van der Waals surface area contributed by atoms with Gasteiger partial charge in [0.1, 0.15) is 0 Å². The molecule has 3 nitrogen and oxygen atoms in total. The summed E-state index contributed by atoms with van der Waals surface area (Å²) in [7, 11) is 0. The minimum Gasteiger partial charge on any atom is -0.329 e. The van der Waals surface area contributed by atoms with E-state index >= 15 is 0 Å². The van der Waals surface area contributed by atoms with E-state index in [9.17, 15) is 4.79 Å². The van der Waals surface area contributed by atoms with E-state index in [0.29, 0.717) is 6.41 Å². The van der Waals surface area contributed by atoms with E-state index in [1.807, 2.05) is 24.3 Å². The molecule has 1 heterocycles. The zero-order valence-electron chi connectivity index (χ0n) is 6.90. The first-order valence-electron chi connectivity index (χ1n) is 3.94. The van der Waals surface area contributed by atoms with Gasteiger partial charge < -0.3 is 5.32 Å². The second-order valence-electron chi connectivity index (χ2n) is 2.70. The van der Waals surface area contributed by atoms with Gasteiger partial charge in [0.25, 0.3) is 0 Å². The average Bonchev–Trinajstić information content (AvgIpc) is 2.18. The lowest BCUT2D eigenvalue weighted by molar-refractivity contribution is -0.105. The molecule has 0 aliphatic rings. The molecule has 2 rings (SSSR count). The molecule has 2 aromatic rings. The predicted octanol–water partition coefficient (Wildman–Crippen LogP) is 1.80. The monoisotopic (exact) mass is 172 g/mol. The number of hydrogen-bond acceptors (Lipinski definition) is 2. The molecule has 0 spiro atoms. The number of carbonyl (C=O) groups is 1. The normalized spacial score (nSPS) is 9.85. The molecule has 3 heteroatoms. The second kappa shape index (κ2) is 3.23. The fourth-order valence-corrected chi connectivity index (χ4v) is 1.24. The molecule has 1 aromatic heterocycles. The van der Waals surface area contributed by atoms with E-state index in [2.05, 4.69) is 10.3 Å². The van der Waals surface area contributed by atoms with Gasteiger partial charge >= 0.3 is 0 Å². The number of nitrogens with zero attached hydrogens (tertiary/aromatic N) is 1. The quantitative estimate of drug-likeness (QED) is 0.702. The van der Waals surface area contributed by atoms with Crippen LogP contribution in [-0.4, -0.2) is 11.4 Å². The summed E-state index contributed by atoms with van der Waals surface area (Å²) >= 11 is 0. The van der Waals surface area contributed by atoms with Gasteiger partial charge in [-0.1, -0.05) is 6.07 Å². The van der Waals surface area contributed by atoms with Gasteiger partial charge in [-0.2, -0.15) is 0 Å². The fourth-order valence-electron chi connectivity index (χ4n) is 1.24. The van der Waals surface area contributed by atoms with E-state index in [1.54, 1.807) is 12.4 Å². The number of pyridine rings is 1. The van der Waals surface area contributed by atoms with Gasteiger partial charge in [-0.15, -0.1) is 0 Å². The lowest BCUT2D eigenvalue weighted by atomic mass is 10.1. The third-order valence-corrected chi connectivity index (χ3v) is 1.87. The second-order valence-corrected chi connectivity index (χ2v) is 2.70. The summed E-state index contributed by atoms with van der Waals surface area (Å²) in [5, 5.41) is 4.74. The molecule has 1 N–H and O–H groups in total. The first kappa shape index (κ1) is 7.73. The molecule has 0 aliphatic carbocycles. The molecule has 13 heavy (non-hydrogen) atoms. The number of rotatable bonds is 2. The predicted molar refractivity (Wildman–Crippen MR) is 51.4 cm³/mol. The van der Waals surface area contributed by atoms with Crippen LogP contribution in [0.1, 0.15) is 0 Å². The van der Waals surface area contributed by atoms with Gasteiger partial charge in [-0.05, 0) is 23.6 Å². The standard InChI is InChI=1S/C10H8N2O/c13-7-12-10-2-1-9-6-11-4-3-8(9)5-10/h1-7H,(H,12,13). The van der Waals surface area contributed by atoms with Crippen molar-refractivity contribution in [3.8, 4) is 0 Å². The average molecular weight is 172 g/mol. The van der Waals surface area contributed by atoms with Crippen LogP contribution in [0.3, 0.4) is 0 Å². The molecule has 0 unspecified atom stereocenters. The molecule has 0 bridgehead atoms. The van der Waals surface area contributed by atoms with Crippen LogP contribution in [0.15, 0.2) is 36.7 Å². The number of anilines is 1. The van der Waals surface area contributed by atoms with E-state index < -0.39 is 0 Å². The van der Waals surface area contributed by atoms with Crippen LogP contribution in [0.2, 0.25) is 0 Å². The fraction of sp³-hybridized carbons (Fsp3) is 0. The molecule has 0 saturated carbocycles. The van der Waals surface area contributed by atoms with Crippen LogP contribution >= 0.6 is 0 Å². The van der Waals surface area contributed by atoms with Crippen molar-refractivity contribution in [1.29, 1.82) is 0 Å². The van der Waals surface area contributed by atoms with E-state index in [0.717, 1.165) is 16.5 Å². The van der Waals surface area contributed by atoms with Crippen LogP contribution in [0, 0.1) is 0 Å². The Hall–Kier alpha value is -1.90. The Morgan fingerprint density at radius 3 is 3.00 bits per heavy atom. The van der Waals surface area contributed by atoms with E-state index in [4.69, 9.17) is 0 Å². The van der Waals surface area contributed by atoms with Gasteiger partial charge in [0.05, 0.1) is 0 Å². The summed E-state index contributed by atoms with van der Waals surface area (Å²) in [5.74, 6) is 0. The molecular formula is C10H8N2O. The van der Waals surface area contributed by atoms with Crippen LogP contribution in [0.4, 0.5) is 5.69 Å². The molecule has 64 valence electrons. The molecule has 0 radical (unpaired) electrons. The number of benzene rings is 1. The molecular weight excluding hydrogens is 164 g/mol. The van der Waals surface area contributed by atoms with Gasteiger partial charge in [0.15, 0.2) is 0 Å². The number of fused-ring (bicyclic) bond motifs is 1. The first-order valence-corrected chi connectivity index (χ1v) is 3.94. The smallest absolute Gasteiger partial charge is 0.211 e. The zero-order chi connectivity index (χ0) is 9.10. The van der Waals surface area contributed by atoms with Crippen LogP contribution in [0.5, 0.6) is 0 Å². The van der Waals surface area contributed by atoms with Crippen molar-refractivity contribution in [2.45, 2.75) is 0 Å². The van der Waals surface area contributed by atoms with Crippen molar-refractivity contribution >= 4 is 22.9 Å². The summed E-state index contributed by atoms with van der Waals surface area (Å²) in [6, 6.07) is 7.59. The van der Waals surface area contributed by atoms with Crippen molar-refractivity contribution in [1.82, 2.24) is 4.98 Å².